The van der Waals surface area contributed by atoms with Gasteiger partial charge in [0.2, 0.25) is 5.91 Å². The van der Waals surface area contributed by atoms with Gasteiger partial charge < -0.3 is 16.0 Å². The van der Waals surface area contributed by atoms with Gasteiger partial charge in [0.1, 0.15) is 0 Å². The number of anilines is 2. The lowest BCUT2D eigenvalue weighted by Gasteiger charge is -2.27. The molecule has 0 bridgehead atoms. The van der Waals surface area contributed by atoms with Gasteiger partial charge in [0.25, 0.3) is 5.91 Å². The number of nitrogens with one attached hydrogen (secondary N) is 2. The first-order valence-electron chi connectivity index (χ1n) is 7.55. The van der Waals surface area contributed by atoms with E-state index in [0.717, 1.165) is 29.9 Å². The minimum absolute atomic E-state index is 0.0604. The standard InChI is InChI=1S/C16H19N5O2/c1-10-15-13(20-19-10)7-4-8-21(15)14(22)9-18-12-6-3-2-5-11(12)16(17)23/h2-3,5-6,18H,4,7-9H2,1H3,(H2,17,23)(H,19,20). The van der Waals surface area contributed by atoms with Crippen molar-refractivity contribution in [3.63, 3.8) is 0 Å². The number of nitrogens with zero attached hydrogens (tertiary/aromatic N) is 2. The lowest BCUT2D eigenvalue weighted by atomic mass is 10.1. The summed E-state index contributed by atoms with van der Waals surface area (Å²) in [6, 6.07) is 6.89. The van der Waals surface area contributed by atoms with Crippen molar-refractivity contribution in [3.8, 4) is 0 Å². The molecular formula is C16H19N5O2. The highest BCUT2D eigenvalue weighted by atomic mass is 16.2. The van der Waals surface area contributed by atoms with E-state index in [2.05, 4.69) is 15.5 Å². The molecule has 0 fully saturated rings. The van der Waals surface area contributed by atoms with Crippen LogP contribution < -0.4 is 16.0 Å². The van der Waals surface area contributed by atoms with E-state index >= 15 is 0 Å². The number of hydrogen-bond donors (Lipinski definition) is 3. The zero-order valence-electron chi connectivity index (χ0n) is 12.9. The molecule has 0 radical (unpaired) electrons. The highest BCUT2D eigenvalue weighted by molar-refractivity contribution is 6.01. The molecule has 0 saturated carbocycles. The molecule has 120 valence electrons. The van der Waals surface area contributed by atoms with Crippen LogP contribution in [-0.4, -0.2) is 35.1 Å². The molecule has 1 aliphatic heterocycles. The van der Waals surface area contributed by atoms with Crippen molar-refractivity contribution in [2.45, 2.75) is 19.8 Å². The molecule has 0 saturated heterocycles. The average molecular weight is 313 g/mol. The first kappa shape index (κ1) is 15.1. The third-order valence-corrected chi connectivity index (χ3v) is 3.98. The van der Waals surface area contributed by atoms with Crippen molar-refractivity contribution in [1.29, 1.82) is 0 Å². The second kappa shape index (κ2) is 6.12. The monoisotopic (exact) mass is 313 g/mol. The number of aromatic amines is 1. The summed E-state index contributed by atoms with van der Waals surface area (Å²) in [6.07, 6.45) is 1.77. The number of hydrogen-bond acceptors (Lipinski definition) is 4. The molecule has 1 aromatic heterocycles. The molecule has 0 unspecified atom stereocenters. The maximum atomic E-state index is 12.6. The fourth-order valence-electron chi connectivity index (χ4n) is 2.89. The zero-order valence-corrected chi connectivity index (χ0v) is 12.9. The number of nitrogens with two attached hydrogens (primary N) is 1. The summed E-state index contributed by atoms with van der Waals surface area (Å²) in [4.78, 5) is 25.7. The SMILES string of the molecule is Cc1[nH]nc2c1N(C(=O)CNc1ccccc1C(N)=O)CCC2. The van der Waals surface area contributed by atoms with Crippen LogP contribution in [0.4, 0.5) is 11.4 Å². The molecule has 0 atom stereocenters. The molecule has 1 aliphatic rings. The Morgan fingerprint density at radius 3 is 2.96 bits per heavy atom. The minimum Gasteiger partial charge on any atom is -0.375 e. The predicted octanol–water partition coefficient (Wildman–Crippen LogP) is 1.21. The average Bonchev–Trinajstić information content (AvgIpc) is 2.94. The number of H-pyrrole nitrogens is 1. The van der Waals surface area contributed by atoms with Gasteiger partial charge in [-0.15, -0.1) is 0 Å². The summed E-state index contributed by atoms with van der Waals surface area (Å²) in [7, 11) is 0. The Morgan fingerprint density at radius 1 is 1.39 bits per heavy atom. The Kier molecular flexibility index (Phi) is 4.01. The van der Waals surface area contributed by atoms with Gasteiger partial charge in [-0.1, -0.05) is 12.1 Å². The van der Waals surface area contributed by atoms with Crippen molar-refractivity contribution in [1.82, 2.24) is 10.2 Å². The molecule has 7 nitrogen and oxygen atoms in total. The van der Waals surface area contributed by atoms with E-state index in [0.29, 0.717) is 17.8 Å². The number of carbonyl (C=O) groups excluding carboxylic acids is 2. The summed E-state index contributed by atoms with van der Waals surface area (Å²) in [6.45, 7) is 2.67. The third-order valence-electron chi connectivity index (χ3n) is 3.98. The van der Waals surface area contributed by atoms with Gasteiger partial charge in [0, 0.05) is 12.2 Å². The molecule has 2 heterocycles. The molecular weight excluding hydrogens is 294 g/mol. The van der Waals surface area contributed by atoms with Crippen LogP contribution in [-0.2, 0) is 11.2 Å². The highest BCUT2D eigenvalue weighted by Gasteiger charge is 2.26. The maximum absolute atomic E-state index is 12.6. The summed E-state index contributed by atoms with van der Waals surface area (Å²) in [5, 5.41) is 10.2. The Hall–Kier alpha value is -2.83. The number of benzene rings is 1. The van der Waals surface area contributed by atoms with E-state index in [1.165, 1.54) is 0 Å². The molecule has 23 heavy (non-hydrogen) atoms. The highest BCUT2D eigenvalue weighted by Crippen LogP contribution is 2.28. The first-order chi connectivity index (χ1) is 11.1. The van der Waals surface area contributed by atoms with Crippen molar-refractivity contribution >= 4 is 23.2 Å². The quantitative estimate of drug-likeness (QED) is 0.789. The van der Waals surface area contributed by atoms with Crippen LogP contribution in [0.15, 0.2) is 24.3 Å². The number of aryl methyl sites for hydroxylation is 2. The van der Waals surface area contributed by atoms with Gasteiger partial charge in [0.05, 0.1) is 29.2 Å². The number of amides is 2. The van der Waals surface area contributed by atoms with Gasteiger partial charge >= 0.3 is 0 Å². The maximum Gasteiger partial charge on any atom is 0.250 e. The number of para-hydroxylation sites is 1. The van der Waals surface area contributed by atoms with E-state index in [-0.39, 0.29) is 12.5 Å². The van der Waals surface area contributed by atoms with Crippen molar-refractivity contribution < 1.29 is 9.59 Å². The van der Waals surface area contributed by atoms with E-state index in [1.807, 2.05) is 6.92 Å². The number of fused-ring (bicyclic) bond motifs is 1. The molecule has 0 spiro atoms. The summed E-state index contributed by atoms with van der Waals surface area (Å²) in [5.74, 6) is -0.582. The normalized spacial score (nSPS) is 13.5. The second-order valence-electron chi connectivity index (χ2n) is 5.56. The largest absolute Gasteiger partial charge is 0.375 e. The number of primary amides is 1. The second-order valence-corrected chi connectivity index (χ2v) is 5.56. The van der Waals surface area contributed by atoms with E-state index < -0.39 is 5.91 Å². The molecule has 4 N–H and O–H groups in total. The molecule has 7 heteroatoms. The van der Waals surface area contributed by atoms with Crippen molar-refractivity contribution in [2.75, 3.05) is 23.3 Å². The van der Waals surface area contributed by atoms with Gasteiger partial charge in [-0.05, 0) is 31.9 Å². The minimum atomic E-state index is -0.522. The van der Waals surface area contributed by atoms with Crippen LogP contribution in [0.5, 0.6) is 0 Å². The van der Waals surface area contributed by atoms with Gasteiger partial charge in [-0.2, -0.15) is 5.10 Å². The van der Waals surface area contributed by atoms with Crippen molar-refractivity contribution in [3.05, 3.63) is 41.2 Å². The fraction of sp³-hybridized carbons (Fsp3) is 0.312. The van der Waals surface area contributed by atoms with Crippen molar-refractivity contribution in [2.24, 2.45) is 5.73 Å². The van der Waals surface area contributed by atoms with Gasteiger partial charge in [-0.3, -0.25) is 14.7 Å². The van der Waals surface area contributed by atoms with Crippen LogP contribution in [0.3, 0.4) is 0 Å². The zero-order chi connectivity index (χ0) is 16.4. The van der Waals surface area contributed by atoms with E-state index in [1.54, 1.807) is 29.2 Å². The predicted molar refractivity (Wildman–Crippen MR) is 87.4 cm³/mol. The molecule has 3 rings (SSSR count). The first-order valence-corrected chi connectivity index (χ1v) is 7.55. The summed E-state index contributed by atoms with van der Waals surface area (Å²) < 4.78 is 0. The van der Waals surface area contributed by atoms with Crippen LogP contribution >= 0.6 is 0 Å². The van der Waals surface area contributed by atoms with Gasteiger partial charge in [0.15, 0.2) is 0 Å². The summed E-state index contributed by atoms with van der Waals surface area (Å²) in [5.41, 5.74) is 8.99. The Bertz CT molecular complexity index is 753. The Labute approximate surface area is 133 Å². The molecule has 1 aromatic carbocycles. The number of rotatable bonds is 4. The third kappa shape index (κ3) is 2.90. The van der Waals surface area contributed by atoms with Crippen LogP contribution in [0, 0.1) is 6.92 Å². The summed E-state index contributed by atoms with van der Waals surface area (Å²) >= 11 is 0. The van der Waals surface area contributed by atoms with E-state index in [4.69, 9.17) is 5.73 Å². The van der Waals surface area contributed by atoms with Crippen LogP contribution in [0.1, 0.15) is 28.2 Å². The number of carbonyl (C=O) groups is 2. The molecule has 2 aromatic rings. The van der Waals surface area contributed by atoms with Crippen LogP contribution in [0.2, 0.25) is 0 Å². The van der Waals surface area contributed by atoms with Gasteiger partial charge in [-0.25, -0.2) is 0 Å². The fourth-order valence-corrected chi connectivity index (χ4v) is 2.89. The topological polar surface area (TPSA) is 104 Å². The number of aromatic nitrogens is 2. The molecule has 0 aliphatic carbocycles. The lowest BCUT2D eigenvalue weighted by molar-refractivity contribution is -0.117. The Balaban J connectivity index is 1.74. The molecule has 2 amide bonds. The Morgan fingerprint density at radius 2 is 2.17 bits per heavy atom. The van der Waals surface area contributed by atoms with E-state index in [9.17, 15) is 9.59 Å². The van der Waals surface area contributed by atoms with Crippen LogP contribution in [0.25, 0.3) is 0 Å². The smallest absolute Gasteiger partial charge is 0.250 e. The lowest BCUT2D eigenvalue weighted by Crippen LogP contribution is -2.39.